The lowest BCUT2D eigenvalue weighted by Gasteiger charge is -2.24. The minimum Gasteiger partial charge on any atom is -0.415 e. The molecule has 1 atom stereocenters. The van der Waals surface area contributed by atoms with Crippen molar-refractivity contribution < 1.29 is 23.9 Å². The molecule has 0 aromatic heterocycles. The normalized spacial score (nSPS) is 13.6. The number of esters is 2. The lowest BCUT2D eigenvalue weighted by molar-refractivity contribution is -0.215. The van der Waals surface area contributed by atoms with Crippen molar-refractivity contribution >= 4 is 17.7 Å². The van der Waals surface area contributed by atoms with Crippen molar-refractivity contribution in [3.63, 3.8) is 0 Å². The third-order valence-electron chi connectivity index (χ3n) is 1.44. The summed E-state index contributed by atoms with van der Waals surface area (Å²) < 4.78 is 9.20. The summed E-state index contributed by atoms with van der Waals surface area (Å²) in [7, 11) is 0. The number of hydrogen-bond acceptors (Lipinski definition) is 5. The molecule has 0 aliphatic heterocycles. The Balaban J connectivity index is 4.71. The zero-order valence-electron chi connectivity index (χ0n) is 8.33. The van der Waals surface area contributed by atoms with Crippen LogP contribution in [0.2, 0.25) is 0 Å². The average molecular weight is 200 g/mol. The topological polar surface area (TPSA) is 69.7 Å². The number of ether oxygens (including phenoxy) is 2. The highest BCUT2D eigenvalue weighted by molar-refractivity contribution is 5.90. The van der Waals surface area contributed by atoms with Crippen LogP contribution in [0.15, 0.2) is 12.7 Å². The summed E-state index contributed by atoms with van der Waals surface area (Å²) in [5.41, 5.74) is 0. The minimum atomic E-state index is -1.86. The summed E-state index contributed by atoms with van der Waals surface area (Å²) in [5.74, 6) is -3.98. The number of rotatable bonds is 4. The van der Waals surface area contributed by atoms with Gasteiger partial charge < -0.3 is 9.47 Å². The molecule has 0 aliphatic carbocycles. The molecule has 0 N–H and O–H groups in total. The van der Waals surface area contributed by atoms with E-state index in [0.29, 0.717) is 0 Å². The smallest absolute Gasteiger partial charge is 0.333 e. The molecule has 14 heavy (non-hydrogen) atoms. The van der Waals surface area contributed by atoms with Crippen LogP contribution < -0.4 is 0 Å². The van der Waals surface area contributed by atoms with Gasteiger partial charge in [0.15, 0.2) is 0 Å². The van der Waals surface area contributed by atoms with Crippen molar-refractivity contribution in [1.29, 1.82) is 0 Å². The van der Waals surface area contributed by atoms with E-state index in [1.165, 1.54) is 6.92 Å². The molecule has 0 radical (unpaired) electrons. The summed E-state index contributed by atoms with van der Waals surface area (Å²) in [6.45, 7) is 6.62. The second-order valence-electron chi connectivity index (χ2n) is 2.72. The third kappa shape index (κ3) is 3.38. The van der Waals surface area contributed by atoms with Gasteiger partial charge >= 0.3 is 17.7 Å². The fraction of sp³-hybridized carbons (Fsp3) is 0.444. The molecular formula is C9H12O5. The molecule has 0 spiro atoms. The molecule has 0 amide bonds. The summed E-state index contributed by atoms with van der Waals surface area (Å²) in [6, 6.07) is 0. The molecule has 0 saturated carbocycles. The monoisotopic (exact) mass is 200 g/mol. The number of ketones is 1. The van der Waals surface area contributed by atoms with E-state index >= 15 is 0 Å². The highest BCUT2D eigenvalue weighted by Crippen LogP contribution is 2.14. The largest absolute Gasteiger partial charge is 0.415 e. The second-order valence-corrected chi connectivity index (χ2v) is 2.72. The molecule has 0 bridgehead atoms. The highest BCUT2D eigenvalue weighted by atomic mass is 16.7. The van der Waals surface area contributed by atoms with Gasteiger partial charge in [0.25, 0.3) is 0 Å². The molecule has 78 valence electrons. The van der Waals surface area contributed by atoms with Crippen LogP contribution in [0.5, 0.6) is 0 Å². The van der Waals surface area contributed by atoms with E-state index in [-0.39, 0.29) is 0 Å². The fourth-order valence-corrected chi connectivity index (χ4v) is 0.672. The first-order valence-electron chi connectivity index (χ1n) is 3.88. The zero-order valence-corrected chi connectivity index (χ0v) is 8.33. The van der Waals surface area contributed by atoms with E-state index in [9.17, 15) is 14.4 Å². The van der Waals surface area contributed by atoms with Crippen LogP contribution in [0.4, 0.5) is 0 Å². The Bertz CT molecular complexity index is 281. The van der Waals surface area contributed by atoms with E-state index in [1.807, 2.05) is 0 Å². The molecule has 0 rings (SSSR count). The molecule has 0 heterocycles. The highest BCUT2D eigenvalue weighted by Gasteiger charge is 2.37. The van der Waals surface area contributed by atoms with Crippen molar-refractivity contribution in [2.45, 2.75) is 26.6 Å². The Morgan fingerprint density at radius 2 is 1.71 bits per heavy atom. The fourth-order valence-electron chi connectivity index (χ4n) is 0.672. The van der Waals surface area contributed by atoms with E-state index < -0.39 is 23.5 Å². The van der Waals surface area contributed by atoms with Gasteiger partial charge in [0.1, 0.15) is 0 Å². The Morgan fingerprint density at radius 3 is 2.00 bits per heavy atom. The van der Waals surface area contributed by atoms with Gasteiger partial charge in [0.05, 0.1) is 0 Å². The second kappa shape index (κ2) is 4.55. The van der Waals surface area contributed by atoms with Crippen molar-refractivity contribution in [3.05, 3.63) is 12.7 Å². The van der Waals surface area contributed by atoms with Crippen molar-refractivity contribution in [2.24, 2.45) is 0 Å². The minimum absolute atomic E-state index is 0.581. The van der Waals surface area contributed by atoms with Gasteiger partial charge in [-0.2, -0.15) is 0 Å². The SMILES string of the molecule is C=CC(=O)OC(C)(OC(C)=O)C(C)=O. The molecule has 5 nitrogen and oxygen atoms in total. The van der Waals surface area contributed by atoms with Crippen LogP contribution in [-0.2, 0) is 23.9 Å². The quantitative estimate of drug-likeness (QED) is 0.377. The van der Waals surface area contributed by atoms with Crippen molar-refractivity contribution in [1.82, 2.24) is 0 Å². The predicted molar refractivity (Wildman–Crippen MR) is 47.1 cm³/mol. The van der Waals surface area contributed by atoms with E-state index in [4.69, 9.17) is 0 Å². The Labute approximate surface area is 81.7 Å². The number of hydrogen-bond donors (Lipinski definition) is 0. The number of carbonyl (C=O) groups is 3. The van der Waals surface area contributed by atoms with E-state index in [1.54, 1.807) is 0 Å². The summed E-state index contributed by atoms with van der Waals surface area (Å²) in [6.07, 6.45) is 0.880. The van der Waals surface area contributed by atoms with Crippen LogP contribution in [0.1, 0.15) is 20.8 Å². The molecular weight excluding hydrogens is 188 g/mol. The maximum atomic E-state index is 11.1. The zero-order chi connectivity index (χ0) is 11.4. The average Bonchev–Trinajstić information content (AvgIpc) is 2.02. The van der Waals surface area contributed by atoms with Gasteiger partial charge in [-0.25, -0.2) is 4.79 Å². The van der Waals surface area contributed by atoms with Gasteiger partial charge in [-0.15, -0.1) is 0 Å². The summed E-state index contributed by atoms with van der Waals surface area (Å²) in [5, 5.41) is 0. The van der Waals surface area contributed by atoms with Gasteiger partial charge in [-0.3, -0.25) is 9.59 Å². The van der Waals surface area contributed by atoms with Gasteiger partial charge in [0, 0.05) is 26.8 Å². The summed E-state index contributed by atoms with van der Waals surface area (Å²) >= 11 is 0. The van der Waals surface area contributed by atoms with Gasteiger partial charge in [0.2, 0.25) is 5.78 Å². The standard InChI is InChI=1S/C9H12O5/c1-5-8(12)14-9(4,6(2)10)13-7(3)11/h5H,1H2,2-4H3. The molecule has 0 aromatic carbocycles. The lowest BCUT2D eigenvalue weighted by Crippen LogP contribution is -2.42. The first kappa shape index (κ1) is 12.3. The maximum Gasteiger partial charge on any atom is 0.333 e. The molecule has 0 aromatic rings. The first-order chi connectivity index (χ1) is 6.31. The molecule has 5 heteroatoms. The van der Waals surface area contributed by atoms with Crippen molar-refractivity contribution in [2.75, 3.05) is 0 Å². The van der Waals surface area contributed by atoms with Crippen LogP contribution in [0.25, 0.3) is 0 Å². The van der Waals surface area contributed by atoms with Crippen molar-refractivity contribution in [3.8, 4) is 0 Å². The van der Waals surface area contributed by atoms with Crippen LogP contribution in [0, 0.1) is 0 Å². The Kier molecular flexibility index (Phi) is 4.01. The van der Waals surface area contributed by atoms with Crippen LogP contribution in [-0.4, -0.2) is 23.5 Å². The predicted octanol–water partition coefficient (Wildman–Crippen LogP) is 0.584. The maximum absolute atomic E-state index is 11.1. The molecule has 0 fully saturated rings. The molecule has 1 unspecified atom stereocenters. The van der Waals surface area contributed by atoms with E-state index in [0.717, 1.165) is 19.9 Å². The number of Topliss-reactive ketones (excluding diaryl/α,β-unsaturated/α-hetero) is 1. The first-order valence-corrected chi connectivity index (χ1v) is 3.88. The lowest BCUT2D eigenvalue weighted by atomic mass is 10.2. The Hall–Kier alpha value is -1.65. The molecule has 0 saturated heterocycles. The third-order valence-corrected chi connectivity index (χ3v) is 1.44. The van der Waals surface area contributed by atoms with Crippen LogP contribution in [0.3, 0.4) is 0 Å². The van der Waals surface area contributed by atoms with Gasteiger partial charge in [-0.05, 0) is 0 Å². The van der Waals surface area contributed by atoms with Gasteiger partial charge in [-0.1, -0.05) is 6.58 Å². The van der Waals surface area contributed by atoms with E-state index in [2.05, 4.69) is 16.1 Å². The van der Waals surface area contributed by atoms with Crippen LogP contribution >= 0.6 is 0 Å². The Morgan fingerprint density at radius 1 is 1.21 bits per heavy atom. The molecule has 0 aliphatic rings. The number of carbonyl (C=O) groups excluding carboxylic acids is 3. The summed E-state index contributed by atoms with van der Waals surface area (Å²) in [4.78, 5) is 32.5.